The van der Waals surface area contributed by atoms with Gasteiger partial charge in [-0.3, -0.25) is 9.59 Å². The topological polar surface area (TPSA) is 49.4 Å². The summed E-state index contributed by atoms with van der Waals surface area (Å²) >= 11 is 3.39. The summed E-state index contributed by atoms with van der Waals surface area (Å²) in [6.45, 7) is 0.0112. The van der Waals surface area contributed by atoms with Gasteiger partial charge in [-0.2, -0.15) is 0 Å². The van der Waals surface area contributed by atoms with Crippen LogP contribution in [0.3, 0.4) is 0 Å². The summed E-state index contributed by atoms with van der Waals surface area (Å²) in [7, 11) is 1.65. The molecular weight excluding hydrogens is 368 g/mol. The molecule has 4 nitrogen and oxygen atoms in total. The smallest absolute Gasteiger partial charge is 0.254 e. The van der Waals surface area contributed by atoms with Gasteiger partial charge in [0.15, 0.2) is 0 Å². The number of nitrogens with one attached hydrogen (secondary N) is 1. The van der Waals surface area contributed by atoms with Crippen molar-refractivity contribution in [3.05, 3.63) is 63.6 Å². The number of carbonyl (C=O) groups excluding carboxylic acids is 2. The SMILES string of the molecule is CN(CC(=O)Nc1ccccc1Br)C(=O)c1ccc2c(c1)CCC2. The molecule has 0 saturated heterocycles. The van der Waals surface area contributed by atoms with E-state index in [-0.39, 0.29) is 18.4 Å². The largest absolute Gasteiger partial charge is 0.332 e. The highest BCUT2D eigenvalue weighted by molar-refractivity contribution is 9.10. The number of aryl methyl sites for hydroxylation is 2. The summed E-state index contributed by atoms with van der Waals surface area (Å²) in [5, 5.41) is 2.81. The molecule has 1 N–H and O–H groups in total. The zero-order chi connectivity index (χ0) is 17.1. The van der Waals surface area contributed by atoms with Gasteiger partial charge in [0.2, 0.25) is 5.91 Å². The number of hydrogen-bond acceptors (Lipinski definition) is 2. The van der Waals surface area contributed by atoms with Gasteiger partial charge in [0.1, 0.15) is 0 Å². The molecule has 1 aliphatic carbocycles. The van der Waals surface area contributed by atoms with Gasteiger partial charge in [0.25, 0.3) is 5.91 Å². The van der Waals surface area contributed by atoms with E-state index in [0.29, 0.717) is 11.3 Å². The van der Waals surface area contributed by atoms with Crippen LogP contribution in [0.4, 0.5) is 5.69 Å². The minimum Gasteiger partial charge on any atom is -0.332 e. The standard InChI is InChI=1S/C19H19BrN2O2/c1-22(12-18(23)21-17-8-3-2-7-16(17)20)19(24)15-10-9-13-5-4-6-14(13)11-15/h2-3,7-11H,4-6,12H2,1H3,(H,21,23). The zero-order valence-corrected chi connectivity index (χ0v) is 15.1. The lowest BCUT2D eigenvalue weighted by molar-refractivity contribution is -0.116. The summed E-state index contributed by atoms with van der Waals surface area (Å²) in [6, 6.07) is 13.2. The highest BCUT2D eigenvalue weighted by Crippen LogP contribution is 2.23. The molecule has 0 saturated carbocycles. The Kier molecular flexibility index (Phi) is 5.00. The second-order valence-corrected chi connectivity index (χ2v) is 6.88. The van der Waals surface area contributed by atoms with Crippen molar-refractivity contribution >= 4 is 33.4 Å². The Labute approximate surface area is 150 Å². The summed E-state index contributed by atoms with van der Waals surface area (Å²) in [4.78, 5) is 26.2. The quantitative estimate of drug-likeness (QED) is 0.871. The number of anilines is 1. The Bertz CT molecular complexity index is 789. The number of nitrogens with zero attached hydrogens (tertiary/aromatic N) is 1. The first-order chi connectivity index (χ1) is 11.5. The molecule has 3 rings (SSSR count). The van der Waals surface area contributed by atoms with Crippen molar-refractivity contribution in [1.82, 2.24) is 4.90 Å². The minimum absolute atomic E-state index is 0.0112. The number of carbonyl (C=O) groups is 2. The fourth-order valence-corrected chi connectivity index (χ4v) is 3.35. The van der Waals surface area contributed by atoms with Crippen LogP contribution in [0.25, 0.3) is 0 Å². The van der Waals surface area contributed by atoms with Crippen LogP contribution in [0, 0.1) is 0 Å². The lowest BCUT2D eigenvalue weighted by Gasteiger charge is -2.17. The van der Waals surface area contributed by atoms with E-state index in [0.717, 1.165) is 23.7 Å². The maximum atomic E-state index is 12.5. The van der Waals surface area contributed by atoms with Crippen LogP contribution in [0.2, 0.25) is 0 Å². The summed E-state index contributed by atoms with van der Waals surface area (Å²) < 4.78 is 0.811. The molecule has 0 aromatic heterocycles. The van der Waals surface area contributed by atoms with E-state index in [1.807, 2.05) is 42.5 Å². The van der Waals surface area contributed by atoms with E-state index in [2.05, 4.69) is 21.2 Å². The number of hydrogen-bond donors (Lipinski definition) is 1. The second kappa shape index (κ2) is 7.18. The number of amides is 2. The molecule has 124 valence electrons. The Morgan fingerprint density at radius 1 is 1.12 bits per heavy atom. The fourth-order valence-electron chi connectivity index (χ4n) is 2.96. The monoisotopic (exact) mass is 386 g/mol. The Balaban J connectivity index is 1.64. The van der Waals surface area contributed by atoms with Crippen LogP contribution in [0.15, 0.2) is 46.9 Å². The van der Waals surface area contributed by atoms with E-state index in [1.165, 1.54) is 16.0 Å². The third kappa shape index (κ3) is 3.67. The number of para-hydroxylation sites is 1. The molecule has 0 bridgehead atoms. The number of benzene rings is 2. The molecule has 0 aliphatic heterocycles. The second-order valence-electron chi connectivity index (χ2n) is 6.03. The van der Waals surface area contributed by atoms with Crippen LogP contribution < -0.4 is 5.32 Å². The maximum Gasteiger partial charge on any atom is 0.254 e. The van der Waals surface area contributed by atoms with E-state index in [1.54, 1.807) is 7.05 Å². The number of halogens is 1. The lowest BCUT2D eigenvalue weighted by Crippen LogP contribution is -2.35. The van der Waals surface area contributed by atoms with Crippen LogP contribution in [0.1, 0.15) is 27.9 Å². The molecule has 0 fully saturated rings. The Hall–Kier alpha value is -2.14. The lowest BCUT2D eigenvalue weighted by atomic mass is 10.1. The third-order valence-electron chi connectivity index (χ3n) is 4.22. The first-order valence-electron chi connectivity index (χ1n) is 7.96. The van der Waals surface area contributed by atoms with Crippen molar-refractivity contribution in [3.8, 4) is 0 Å². The number of fused-ring (bicyclic) bond motifs is 1. The highest BCUT2D eigenvalue weighted by Gasteiger charge is 2.18. The molecule has 2 aromatic carbocycles. The Morgan fingerprint density at radius 3 is 2.67 bits per heavy atom. The van der Waals surface area contributed by atoms with Gasteiger partial charge in [0, 0.05) is 17.1 Å². The molecule has 24 heavy (non-hydrogen) atoms. The van der Waals surface area contributed by atoms with Crippen molar-refractivity contribution < 1.29 is 9.59 Å². The van der Waals surface area contributed by atoms with E-state index >= 15 is 0 Å². The first-order valence-corrected chi connectivity index (χ1v) is 8.75. The van der Waals surface area contributed by atoms with Crippen molar-refractivity contribution in [1.29, 1.82) is 0 Å². The third-order valence-corrected chi connectivity index (χ3v) is 4.91. The average Bonchev–Trinajstić information content (AvgIpc) is 3.03. The normalized spacial score (nSPS) is 12.6. The minimum atomic E-state index is -0.223. The molecule has 5 heteroatoms. The predicted molar refractivity (Wildman–Crippen MR) is 98.2 cm³/mol. The summed E-state index contributed by atoms with van der Waals surface area (Å²) in [6.07, 6.45) is 3.27. The number of likely N-dealkylation sites (N-methyl/N-ethyl adjacent to an activating group) is 1. The molecular formula is C19H19BrN2O2. The fraction of sp³-hybridized carbons (Fsp3) is 0.263. The van der Waals surface area contributed by atoms with Crippen LogP contribution in [-0.4, -0.2) is 30.3 Å². The van der Waals surface area contributed by atoms with Gasteiger partial charge >= 0.3 is 0 Å². The van der Waals surface area contributed by atoms with E-state index in [4.69, 9.17) is 0 Å². The molecule has 2 amide bonds. The van der Waals surface area contributed by atoms with Gasteiger partial charge in [-0.1, -0.05) is 18.2 Å². The van der Waals surface area contributed by atoms with Crippen LogP contribution in [0.5, 0.6) is 0 Å². The molecule has 0 radical (unpaired) electrons. The maximum absolute atomic E-state index is 12.5. The molecule has 0 spiro atoms. The van der Waals surface area contributed by atoms with Gasteiger partial charge < -0.3 is 10.2 Å². The molecule has 1 aliphatic rings. The first kappa shape index (κ1) is 16.7. The molecule has 0 unspecified atom stereocenters. The summed E-state index contributed by atoms with van der Waals surface area (Å²) in [5.41, 5.74) is 3.93. The molecule has 0 heterocycles. The van der Waals surface area contributed by atoms with E-state index < -0.39 is 0 Å². The Morgan fingerprint density at radius 2 is 1.88 bits per heavy atom. The van der Waals surface area contributed by atoms with Gasteiger partial charge in [-0.15, -0.1) is 0 Å². The van der Waals surface area contributed by atoms with Crippen LogP contribution >= 0.6 is 15.9 Å². The average molecular weight is 387 g/mol. The van der Waals surface area contributed by atoms with Crippen LogP contribution in [-0.2, 0) is 17.6 Å². The van der Waals surface area contributed by atoms with Gasteiger partial charge in [-0.05, 0) is 70.6 Å². The van der Waals surface area contributed by atoms with Crippen molar-refractivity contribution in [2.75, 3.05) is 18.9 Å². The predicted octanol–water partition coefficient (Wildman–Crippen LogP) is 3.65. The van der Waals surface area contributed by atoms with Gasteiger partial charge in [0.05, 0.1) is 12.2 Å². The van der Waals surface area contributed by atoms with Crippen molar-refractivity contribution in [2.45, 2.75) is 19.3 Å². The van der Waals surface area contributed by atoms with Gasteiger partial charge in [-0.25, -0.2) is 0 Å². The molecule has 2 aromatic rings. The van der Waals surface area contributed by atoms with Crippen molar-refractivity contribution in [2.24, 2.45) is 0 Å². The number of rotatable bonds is 4. The summed E-state index contributed by atoms with van der Waals surface area (Å²) in [5.74, 6) is -0.356. The zero-order valence-electron chi connectivity index (χ0n) is 13.5. The highest BCUT2D eigenvalue weighted by atomic mass is 79.9. The van der Waals surface area contributed by atoms with E-state index in [9.17, 15) is 9.59 Å². The molecule has 0 atom stereocenters. The van der Waals surface area contributed by atoms with Crippen molar-refractivity contribution in [3.63, 3.8) is 0 Å².